The maximum absolute atomic E-state index is 5.90. The van der Waals surface area contributed by atoms with Gasteiger partial charge in [-0.25, -0.2) is 0 Å². The minimum Gasteiger partial charge on any atom is -0.387 e. The fourth-order valence-electron chi connectivity index (χ4n) is 3.24. The van der Waals surface area contributed by atoms with Gasteiger partial charge in [-0.2, -0.15) is 9.98 Å². The molecule has 0 aliphatic heterocycles. The maximum Gasteiger partial charge on any atom is 0.349 e. The molecule has 0 unspecified atom stereocenters. The summed E-state index contributed by atoms with van der Waals surface area (Å²) in [5, 5.41) is 4.02. The van der Waals surface area contributed by atoms with Crippen molar-refractivity contribution in [3.8, 4) is 11.4 Å². The van der Waals surface area contributed by atoms with Crippen LogP contribution in [-0.2, 0) is 6.42 Å². The van der Waals surface area contributed by atoms with Crippen molar-refractivity contribution in [3.63, 3.8) is 0 Å². The van der Waals surface area contributed by atoms with Crippen molar-refractivity contribution >= 4 is 11.9 Å². The summed E-state index contributed by atoms with van der Waals surface area (Å²) in [5.41, 5.74) is 8.21. The Morgan fingerprint density at radius 3 is 2.37 bits per heavy atom. The quantitative estimate of drug-likeness (QED) is 0.291. The molecule has 0 bridgehead atoms. The first-order valence-corrected chi connectivity index (χ1v) is 10.5. The Morgan fingerprint density at radius 2 is 1.70 bits per heavy atom. The van der Waals surface area contributed by atoms with Crippen molar-refractivity contribution in [3.05, 3.63) is 29.8 Å². The minimum atomic E-state index is 0.248. The summed E-state index contributed by atoms with van der Waals surface area (Å²) in [6.07, 6.45) is 14.2. The van der Waals surface area contributed by atoms with Crippen molar-refractivity contribution in [1.29, 1.82) is 0 Å². The van der Waals surface area contributed by atoms with Crippen molar-refractivity contribution in [2.75, 3.05) is 0 Å². The van der Waals surface area contributed by atoms with E-state index < -0.39 is 0 Å². The van der Waals surface area contributed by atoms with E-state index in [0.29, 0.717) is 17.6 Å². The smallest absolute Gasteiger partial charge is 0.349 e. The molecule has 5 nitrogen and oxygen atoms in total. The van der Waals surface area contributed by atoms with Gasteiger partial charge in [-0.15, -0.1) is 0 Å². The molecule has 0 atom stereocenters. The number of aryl methyl sites for hydroxylation is 1. The highest BCUT2D eigenvalue weighted by molar-refractivity contribution is 5.86. The molecular formula is C22H32N4O. The first kappa shape index (κ1) is 19.6. The molecule has 1 aliphatic rings. The van der Waals surface area contributed by atoms with Gasteiger partial charge in [0.1, 0.15) is 5.84 Å². The third kappa shape index (κ3) is 6.49. The normalized spacial score (nSPS) is 14.6. The summed E-state index contributed by atoms with van der Waals surface area (Å²) in [6, 6.07) is 8.69. The lowest BCUT2D eigenvalue weighted by Crippen LogP contribution is -2.13. The van der Waals surface area contributed by atoms with E-state index in [1.807, 2.05) is 0 Å². The number of rotatable bonds is 12. The molecule has 0 spiro atoms. The van der Waals surface area contributed by atoms with Gasteiger partial charge in [-0.3, -0.25) is 0 Å². The van der Waals surface area contributed by atoms with Gasteiger partial charge in [0, 0.05) is 11.5 Å². The molecule has 146 valence electrons. The number of aromatic nitrogens is 2. The second-order valence-corrected chi connectivity index (χ2v) is 7.63. The van der Waals surface area contributed by atoms with Gasteiger partial charge in [0.2, 0.25) is 5.82 Å². The number of nitrogens with zero attached hydrogens (tertiary/aromatic N) is 3. The van der Waals surface area contributed by atoms with Gasteiger partial charge >= 0.3 is 6.01 Å². The highest BCUT2D eigenvalue weighted by atomic mass is 16.5. The zero-order valence-electron chi connectivity index (χ0n) is 16.5. The summed E-state index contributed by atoms with van der Waals surface area (Å²) in [7, 11) is 0. The monoisotopic (exact) mass is 368 g/mol. The summed E-state index contributed by atoms with van der Waals surface area (Å²) in [6.45, 7) is 2.27. The summed E-state index contributed by atoms with van der Waals surface area (Å²) >= 11 is 0. The third-order valence-electron chi connectivity index (χ3n) is 5.17. The van der Waals surface area contributed by atoms with Gasteiger partial charge in [0.05, 0.1) is 0 Å². The average molecular weight is 369 g/mol. The van der Waals surface area contributed by atoms with E-state index >= 15 is 0 Å². The number of nitrogens with two attached hydrogens (primary N) is 1. The first-order chi connectivity index (χ1) is 13.3. The van der Waals surface area contributed by atoms with Crippen LogP contribution in [0.1, 0.15) is 76.7 Å². The number of amidine groups is 1. The van der Waals surface area contributed by atoms with Crippen molar-refractivity contribution < 1.29 is 4.52 Å². The molecule has 1 aromatic carbocycles. The fourth-order valence-corrected chi connectivity index (χ4v) is 3.24. The zero-order chi connectivity index (χ0) is 18.9. The molecule has 0 saturated heterocycles. The van der Waals surface area contributed by atoms with E-state index in [9.17, 15) is 0 Å². The molecule has 1 aromatic heterocycles. The minimum absolute atomic E-state index is 0.248. The van der Waals surface area contributed by atoms with Gasteiger partial charge in [-0.1, -0.05) is 81.3 Å². The van der Waals surface area contributed by atoms with Crippen LogP contribution in [0.2, 0.25) is 0 Å². The Balaban J connectivity index is 1.41. The van der Waals surface area contributed by atoms with Gasteiger partial charge in [0.15, 0.2) is 0 Å². The topological polar surface area (TPSA) is 77.3 Å². The lowest BCUT2D eigenvalue weighted by atomic mass is 10.0. The van der Waals surface area contributed by atoms with Crippen LogP contribution in [0.15, 0.2) is 33.8 Å². The molecule has 2 aromatic rings. The van der Waals surface area contributed by atoms with Gasteiger partial charge in [0.25, 0.3) is 0 Å². The van der Waals surface area contributed by atoms with E-state index in [4.69, 9.17) is 10.3 Å². The summed E-state index contributed by atoms with van der Waals surface area (Å²) < 4.78 is 5.20. The molecule has 3 rings (SSSR count). The molecule has 2 N–H and O–H groups in total. The number of benzene rings is 1. The molecule has 1 aliphatic carbocycles. The van der Waals surface area contributed by atoms with E-state index in [1.165, 1.54) is 56.9 Å². The van der Waals surface area contributed by atoms with Crippen LogP contribution in [0.25, 0.3) is 11.4 Å². The van der Waals surface area contributed by atoms with E-state index in [2.05, 4.69) is 46.3 Å². The summed E-state index contributed by atoms with van der Waals surface area (Å²) in [5.74, 6) is 1.57. The van der Waals surface area contributed by atoms with Crippen LogP contribution in [0.3, 0.4) is 0 Å². The molecule has 1 fully saturated rings. The average Bonchev–Trinajstić information content (AvgIpc) is 3.44. The number of hydrogen-bond donors (Lipinski definition) is 1. The second kappa shape index (κ2) is 10.2. The number of aliphatic imine (C=N–C) groups is 1. The number of unbranched alkanes of at least 4 members (excludes halogenated alkanes) is 7. The van der Waals surface area contributed by atoms with Gasteiger partial charge in [-0.05, 0) is 31.2 Å². The molecule has 1 heterocycles. The van der Waals surface area contributed by atoms with E-state index in [-0.39, 0.29) is 6.01 Å². The Morgan fingerprint density at radius 1 is 1.04 bits per heavy atom. The fraction of sp³-hybridized carbons (Fsp3) is 0.591. The van der Waals surface area contributed by atoms with Crippen LogP contribution < -0.4 is 5.73 Å². The molecule has 0 amide bonds. The number of hydrogen-bond acceptors (Lipinski definition) is 4. The lowest BCUT2D eigenvalue weighted by molar-refractivity contribution is 0.430. The standard InChI is InChI=1S/C22H32N4O/c1-2-3-4-5-6-7-8-9-10-17-11-13-19(14-12-17)21-25-22(27-26-21)24-20(23)18-15-16-18/h11-14,18H,2-10,15-16H2,1H3,(H2,23,24,25,26). The van der Waals surface area contributed by atoms with Crippen molar-refractivity contribution in [1.82, 2.24) is 10.1 Å². The van der Waals surface area contributed by atoms with Crippen LogP contribution in [0, 0.1) is 5.92 Å². The van der Waals surface area contributed by atoms with E-state index in [0.717, 1.165) is 24.8 Å². The largest absolute Gasteiger partial charge is 0.387 e. The van der Waals surface area contributed by atoms with Crippen LogP contribution in [0.4, 0.5) is 6.01 Å². The second-order valence-electron chi connectivity index (χ2n) is 7.63. The highest BCUT2D eigenvalue weighted by Gasteiger charge is 2.26. The molecule has 0 radical (unpaired) electrons. The summed E-state index contributed by atoms with van der Waals surface area (Å²) in [4.78, 5) is 8.55. The third-order valence-corrected chi connectivity index (χ3v) is 5.17. The predicted octanol–water partition coefficient (Wildman–Crippen LogP) is 5.82. The Labute approximate surface area is 162 Å². The van der Waals surface area contributed by atoms with Gasteiger partial charge < -0.3 is 10.3 Å². The van der Waals surface area contributed by atoms with Crippen LogP contribution in [-0.4, -0.2) is 16.0 Å². The Hall–Kier alpha value is -2.17. The molecule has 5 heteroatoms. The van der Waals surface area contributed by atoms with Crippen molar-refractivity contribution in [2.24, 2.45) is 16.6 Å². The molecule has 27 heavy (non-hydrogen) atoms. The lowest BCUT2D eigenvalue weighted by Gasteiger charge is -2.03. The van der Waals surface area contributed by atoms with Crippen LogP contribution >= 0.6 is 0 Å². The highest BCUT2D eigenvalue weighted by Crippen LogP contribution is 2.30. The Bertz CT molecular complexity index is 716. The SMILES string of the molecule is CCCCCCCCCCc1ccc(-c2noc(/N=C(\N)C3CC3)n2)cc1. The predicted molar refractivity (Wildman–Crippen MR) is 110 cm³/mol. The molecule has 1 saturated carbocycles. The van der Waals surface area contributed by atoms with Crippen molar-refractivity contribution in [2.45, 2.75) is 77.6 Å². The Kier molecular flexibility index (Phi) is 7.43. The first-order valence-electron chi connectivity index (χ1n) is 10.5. The zero-order valence-corrected chi connectivity index (χ0v) is 16.5. The maximum atomic E-state index is 5.90. The van der Waals surface area contributed by atoms with E-state index in [1.54, 1.807) is 0 Å². The molecular weight excluding hydrogens is 336 g/mol. The van der Waals surface area contributed by atoms with Crippen LogP contribution in [0.5, 0.6) is 0 Å².